The lowest BCUT2D eigenvalue weighted by molar-refractivity contribution is -0.384. The van der Waals surface area contributed by atoms with Crippen molar-refractivity contribution < 1.29 is 24.0 Å². The first-order valence-corrected chi connectivity index (χ1v) is 5.71. The largest absolute Gasteiger partial charge is 0.465 e. The average Bonchev–Trinajstić information content (AvgIpc) is 2.44. The van der Waals surface area contributed by atoms with Crippen LogP contribution in [0.15, 0.2) is 24.3 Å². The fourth-order valence-electron chi connectivity index (χ4n) is 1.44. The zero-order valence-corrected chi connectivity index (χ0v) is 11.0. The number of carbonyl (C=O) groups is 2. The molecule has 0 fully saturated rings. The summed E-state index contributed by atoms with van der Waals surface area (Å²) in [4.78, 5) is 32.9. The molecule has 0 heterocycles. The third-order valence-electron chi connectivity index (χ3n) is 2.34. The lowest BCUT2D eigenvalue weighted by atomic mass is 10.1. The molecule has 0 aliphatic carbocycles. The summed E-state index contributed by atoms with van der Waals surface area (Å²) in [7, 11) is 1.17. The number of hydrogen-bond acceptors (Lipinski definition) is 6. The lowest BCUT2D eigenvalue weighted by Crippen LogP contribution is -2.05. The topological polar surface area (TPSA) is 95.7 Å². The molecule has 0 amide bonds. The number of nitrogens with zero attached hydrogens (tertiary/aromatic N) is 1. The van der Waals surface area contributed by atoms with Crippen LogP contribution in [0.25, 0.3) is 6.08 Å². The second-order valence-corrected chi connectivity index (χ2v) is 3.61. The third kappa shape index (κ3) is 3.91. The number of carbonyl (C=O) groups excluding carboxylic acids is 2. The molecule has 0 radical (unpaired) electrons. The van der Waals surface area contributed by atoms with Gasteiger partial charge in [-0.2, -0.15) is 0 Å². The Morgan fingerprint density at radius 1 is 1.40 bits per heavy atom. The van der Waals surface area contributed by atoms with E-state index in [4.69, 9.17) is 4.74 Å². The van der Waals surface area contributed by atoms with E-state index in [9.17, 15) is 19.7 Å². The van der Waals surface area contributed by atoms with Crippen molar-refractivity contribution in [1.82, 2.24) is 0 Å². The first kappa shape index (κ1) is 15.4. The average molecular weight is 279 g/mol. The third-order valence-corrected chi connectivity index (χ3v) is 2.34. The van der Waals surface area contributed by atoms with E-state index < -0.39 is 16.9 Å². The smallest absolute Gasteiger partial charge is 0.338 e. The number of benzene rings is 1. The van der Waals surface area contributed by atoms with Gasteiger partial charge >= 0.3 is 11.9 Å². The number of methoxy groups -OCH3 is 1. The Morgan fingerprint density at radius 2 is 2.10 bits per heavy atom. The zero-order valence-electron chi connectivity index (χ0n) is 11.0. The fourth-order valence-corrected chi connectivity index (χ4v) is 1.44. The fraction of sp³-hybridized carbons (Fsp3) is 0.231. The maximum Gasteiger partial charge on any atom is 0.338 e. The summed E-state index contributed by atoms with van der Waals surface area (Å²) in [5, 5.41) is 10.7. The van der Waals surface area contributed by atoms with Gasteiger partial charge in [0.05, 0.1) is 24.2 Å². The zero-order chi connectivity index (χ0) is 15.1. The maximum absolute atomic E-state index is 11.6. The lowest BCUT2D eigenvalue weighted by Gasteiger charge is -2.04. The first-order chi connectivity index (χ1) is 9.49. The first-order valence-electron chi connectivity index (χ1n) is 5.71. The standard InChI is InChI=1S/C13H13NO6/c1-3-20-12(15)7-5-9-4-6-10(14(17)18)8-11(9)13(16)19-2/h4-8H,3H2,1-2H3. The Labute approximate surface area is 114 Å². The summed E-state index contributed by atoms with van der Waals surface area (Å²) in [5.74, 6) is -1.29. The van der Waals surface area contributed by atoms with Crippen LogP contribution in [0.4, 0.5) is 5.69 Å². The molecule has 7 nitrogen and oxygen atoms in total. The summed E-state index contributed by atoms with van der Waals surface area (Å²) < 4.78 is 9.26. The van der Waals surface area contributed by atoms with E-state index in [1.54, 1.807) is 6.92 Å². The normalized spacial score (nSPS) is 10.3. The van der Waals surface area contributed by atoms with E-state index >= 15 is 0 Å². The summed E-state index contributed by atoms with van der Waals surface area (Å²) in [5.41, 5.74) is 0.0939. The van der Waals surface area contributed by atoms with Crippen molar-refractivity contribution in [1.29, 1.82) is 0 Å². The minimum atomic E-state index is -0.725. The van der Waals surface area contributed by atoms with Crippen LogP contribution in [0.5, 0.6) is 0 Å². The van der Waals surface area contributed by atoms with Crippen LogP contribution in [0.1, 0.15) is 22.8 Å². The number of hydrogen-bond donors (Lipinski definition) is 0. The molecular formula is C13H13NO6. The van der Waals surface area contributed by atoms with E-state index in [-0.39, 0.29) is 17.9 Å². The number of ether oxygens (including phenoxy) is 2. The predicted octanol–water partition coefficient (Wildman–Crippen LogP) is 1.96. The highest BCUT2D eigenvalue weighted by Crippen LogP contribution is 2.20. The Balaban J connectivity index is 3.15. The molecule has 0 bridgehead atoms. The van der Waals surface area contributed by atoms with Crippen LogP contribution in [0.3, 0.4) is 0 Å². The van der Waals surface area contributed by atoms with Crippen LogP contribution in [-0.4, -0.2) is 30.6 Å². The molecule has 0 N–H and O–H groups in total. The van der Waals surface area contributed by atoms with Crippen LogP contribution in [0.2, 0.25) is 0 Å². The number of nitro benzene ring substituents is 1. The molecule has 0 saturated heterocycles. The van der Waals surface area contributed by atoms with E-state index in [1.807, 2.05) is 0 Å². The summed E-state index contributed by atoms with van der Waals surface area (Å²) in [6.45, 7) is 1.89. The van der Waals surface area contributed by atoms with Crippen molar-refractivity contribution in [3.8, 4) is 0 Å². The molecule has 1 rings (SSSR count). The van der Waals surface area contributed by atoms with Gasteiger partial charge in [-0.25, -0.2) is 9.59 Å². The quantitative estimate of drug-likeness (QED) is 0.354. The maximum atomic E-state index is 11.6. The highest BCUT2D eigenvalue weighted by atomic mass is 16.6. The minimum absolute atomic E-state index is 0.00208. The molecule has 106 valence electrons. The second kappa shape index (κ2) is 7.03. The van der Waals surface area contributed by atoms with Gasteiger partial charge < -0.3 is 9.47 Å². The van der Waals surface area contributed by atoms with Gasteiger partial charge in [-0.05, 0) is 24.6 Å². The second-order valence-electron chi connectivity index (χ2n) is 3.61. The number of nitro groups is 1. The van der Waals surface area contributed by atoms with Crippen molar-refractivity contribution >= 4 is 23.7 Å². The highest BCUT2D eigenvalue weighted by Gasteiger charge is 2.16. The Hall–Kier alpha value is -2.70. The number of esters is 2. The predicted molar refractivity (Wildman–Crippen MR) is 70.1 cm³/mol. The van der Waals surface area contributed by atoms with E-state index in [2.05, 4.69) is 4.74 Å². The van der Waals surface area contributed by atoms with Crippen LogP contribution in [0, 0.1) is 10.1 Å². The number of non-ortho nitro benzene ring substituents is 1. The minimum Gasteiger partial charge on any atom is -0.465 e. The van der Waals surface area contributed by atoms with Crippen molar-refractivity contribution in [3.63, 3.8) is 0 Å². The molecule has 7 heteroatoms. The van der Waals surface area contributed by atoms with Crippen molar-refractivity contribution in [2.24, 2.45) is 0 Å². The van der Waals surface area contributed by atoms with Gasteiger partial charge in [-0.15, -0.1) is 0 Å². The Morgan fingerprint density at radius 3 is 2.65 bits per heavy atom. The molecule has 20 heavy (non-hydrogen) atoms. The van der Waals surface area contributed by atoms with Crippen molar-refractivity contribution in [3.05, 3.63) is 45.5 Å². The van der Waals surface area contributed by atoms with Crippen LogP contribution >= 0.6 is 0 Å². The van der Waals surface area contributed by atoms with Gasteiger partial charge in [0.25, 0.3) is 5.69 Å². The molecule has 0 aliphatic rings. The summed E-state index contributed by atoms with van der Waals surface area (Å²) in [6, 6.07) is 3.69. The van der Waals surface area contributed by atoms with Gasteiger partial charge in [0, 0.05) is 18.2 Å². The van der Waals surface area contributed by atoms with Gasteiger partial charge in [0.2, 0.25) is 0 Å². The van der Waals surface area contributed by atoms with Gasteiger partial charge in [0.15, 0.2) is 0 Å². The molecule has 0 aromatic heterocycles. The van der Waals surface area contributed by atoms with E-state index in [1.165, 1.54) is 25.3 Å². The van der Waals surface area contributed by atoms with Crippen LogP contribution in [-0.2, 0) is 14.3 Å². The van der Waals surface area contributed by atoms with Gasteiger partial charge in [0.1, 0.15) is 0 Å². The SMILES string of the molecule is CCOC(=O)C=Cc1ccc([N+](=O)[O-])cc1C(=O)OC. The molecular weight excluding hydrogens is 266 g/mol. The molecule has 0 spiro atoms. The van der Waals surface area contributed by atoms with Crippen molar-refractivity contribution in [2.75, 3.05) is 13.7 Å². The molecule has 0 atom stereocenters. The van der Waals surface area contributed by atoms with E-state index in [0.717, 1.165) is 12.1 Å². The molecule has 0 aliphatic heterocycles. The van der Waals surface area contributed by atoms with E-state index in [0.29, 0.717) is 5.56 Å². The van der Waals surface area contributed by atoms with Crippen LogP contribution < -0.4 is 0 Å². The summed E-state index contributed by atoms with van der Waals surface area (Å²) in [6.07, 6.45) is 2.48. The van der Waals surface area contributed by atoms with Gasteiger partial charge in [-0.1, -0.05) is 0 Å². The molecule has 0 saturated carbocycles. The Kier molecular flexibility index (Phi) is 5.40. The Bertz CT molecular complexity index is 564. The van der Waals surface area contributed by atoms with Crippen molar-refractivity contribution in [2.45, 2.75) is 6.92 Å². The monoisotopic (exact) mass is 279 g/mol. The molecule has 0 unspecified atom stereocenters. The molecule has 1 aromatic carbocycles. The van der Waals surface area contributed by atoms with Gasteiger partial charge in [-0.3, -0.25) is 10.1 Å². The number of rotatable bonds is 5. The molecule has 1 aromatic rings. The summed E-state index contributed by atoms with van der Waals surface area (Å²) >= 11 is 0. The highest BCUT2D eigenvalue weighted by molar-refractivity contribution is 5.96.